The van der Waals surface area contributed by atoms with Gasteiger partial charge in [-0.25, -0.2) is 4.99 Å². The highest BCUT2D eigenvalue weighted by Gasteiger charge is 2.24. The Hall–Kier alpha value is -0.990. The molecule has 0 bridgehead atoms. The fourth-order valence-corrected chi connectivity index (χ4v) is 4.05. The highest BCUT2D eigenvalue weighted by molar-refractivity contribution is 7.99. The van der Waals surface area contributed by atoms with Gasteiger partial charge in [0.05, 0.1) is 13.2 Å². The quantitative estimate of drug-likeness (QED) is 0.363. The molecule has 2 rings (SSSR count). The lowest BCUT2D eigenvalue weighted by molar-refractivity contribution is -0.127. The van der Waals surface area contributed by atoms with Crippen molar-refractivity contribution in [3.63, 3.8) is 0 Å². The van der Waals surface area contributed by atoms with E-state index in [1.54, 1.807) is 19.0 Å². The molecule has 2 aliphatic rings. The Bertz CT molecular complexity index is 455. The lowest BCUT2D eigenvalue weighted by Gasteiger charge is -2.26. The van der Waals surface area contributed by atoms with Crippen LogP contribution in [0.1, 0.15) is 25.7 Å². The Morgan fingerprint density at radius 1 is 1.31 bits per heavy atom. The summed E-state index contributed by atoms with van der Waals surface area (Å²) in [4.78, 5) is 20.4. The average molecular weight is 386 g/mol. The van der Waals surface area contributed by atoms with E-state index in [-0.39, 0.29) is 12.5 Å². The van der Waals surface area contributed by atoms with E-state index in [1.165, 1.54) is 12.8 Å². The molecule has 1 amide bonds. The van der Waals surface area contributed by atoms with Crippen molar-refractivity contribution in [1.29, 1.82) is 0 Å². The maximum absolute atomic E-state index is 11.9. The van der Waals surface area contributed by atoms with Crippen molar-refractivity contribution < 1.29 is 9.53 Å². The predicted molar refractivity (Wildman–Crippen MR) is 109 cm³/mol. The van der Waals surface area contributed by atoms with Crippen LogP contribution < -0.4 is 10.6 Å². The van der Waals surface area contributed by atoms with E-state index in [1.807, 2.05) is 11.8 Å². The van der Waals surface area contributed by atoms with Gasteiger partial charge in [0.25, 0.3) is 0 Å². The highest BCUT2D eigenvalue weighted by Crippen LogP contribution is 2.27. The summed E-state index contributed by atoms with van der Waals surface area (Å²) in [5.74, 6) is 0.793. The van der Waals surface area contributed by atoms with Crippen molar-refractivity contribution in [2.75, 3.05) is 66.3 Å². The number of rotatable bonds is 8. The van der Waals surface area contributed by atoms with Crippen LogP contribution in [0.3, 0.4) is 0 Å². The summed E-state index contributed by atoms with van der Waals surface area (Å²) < 4.78 is 5.39. The van der Waals surface area contributed by atoms with Gasteiger partial charge in [-0.3, -0.25) is 9.69 Å². The number of hydrogen-bond donors (Lipinski definition) is 2. The number of nitrogens with zero attached hydrogens (tertiary/aromatic N) is 3. The van der Waals surface area contributed by atoms with E-state index in [4.69, 9.17) is 4.74 Å². The number of carbonyl (C=O) groups excluding carboxylic acids is 1. The average Bonchev–Trinajstić information content (AvgIpc) is 3.11. The van der Waals surface area contributed by atoms with E-state index < -0.39 is 0 Å². The number of carbonyl (C=O) groups is 1. The summed E-state index contributed by atoms with van der Waals surface area (Å²) in [5, 5.41) is 7.69. The lowest BCUT2D eigenvalue weighted by atomic mass is 10.2. The fourth-order valence-electron chi connectivity index (χ4n) is 3.25. The first-order chi connectivity index (χ1) is 12.6. The lowest BCUT2D eigenvalue weighted by Crippen LogP contribution is -2.44. The molecule has 2 atom stereocenters. The second-order valence-corrected chi connectivity index (χ2v) is 8.34. The van der Waals surface area contributed by atoms with E-state index in [2.05, 4.69) is 26.8 Å². The molecule has 1 heterocycles. The molecule has 1 saturated heterocycles. The molecule has 26 heavy (non-hydrogen) atoms. The van der Waals surface area contributed by atoms with Crippen LogP contribution in [-0.4, -0.2) is 99.2 Å². The van der Waals surface area contributed by atoms with E-state index in [0.29, 0.717) is 6.04 Å². The van der Waals surface area contributed by atoms with Gasteiger partial charge in [-0.15, -0.1) is 0 Å². The summed E-state index contributed by atoms with van der Waals surface area (Å²) in [5.41, 5.74) is 0. The Morgan fingerprint density at radius 3 is 2.73 bits per heavy atom. The molecule has 0 aromatic rings. The predicted octanol–water partition coefficient (Wildman–Crippen LogP) is 0.616. The van der Waals surface area contributed by atoms with Gasteiger partial charge in [0.1, 0.15) is 6.54 Å². The fraction of sp³-hybridized carbons (Fsp3) is 0.889. The van der Waals surface area contributed by atoms with Gasteiger partial charge in [-0.1, -0.05) is 0 Å². The molecule has 2 fully saturated rings. The Labute approximate surface area is 162 Å². The summed E-state index contributed by atoms with van der Waals surface area (Å²) in [7, 11) is 3.53. The standard InChI is InChI=1S/C18H35N5O2S/c1-22(2)17(24)14-20-18(21-15-5-6-16(13-15)26-3)19-7-4-8-23-9-11-25-12-10-23/h15-16H,4-14H2,1-3H3,(H2,19,20,21). The zero-order chi connectivity index (χ0) is 18.8. The number of thioether (sulfide) groups is 1. The molecule has 7 nitrogen and oxygen atoms in total. The molecule has 0 radical (unpaired) electrons. The molecule has 2 N–H and O–H groups in total. The van der Waals surface area contributed by atoms with Gasteiger partial charge < -0.3 is 20.3 Å². The Kier molecular flexibility index (Phi) is 9.56. The van der Waals surface area contributed by atoms with Crippen LogP contribution >= 0.6 is 11.8 Å². The topological polar surface area (TPSA) is 69.2 Å². The molecule has 150 valence electrons. The van der Waals surface area contributed by atoms with E-state index in [0.717, 1.165) is 63.4 Å². The third-order valence-corrected chi connectivity index (χ3v) is 6.07. The SMILES string of the molecule is CSC1CCC(NC(=NCC(=O)N(C)C)NCCCN2CCOCC2)C1. The van der Waals surface area contributed by atoms with Gasteiger partial charge in [0.2, 0.25) is 5.91 Å². The van der Waals surface area contributed by atoms with E-state index in [9.17, 15) is 4.79 Å². The Balaban J connectivity index is 1.77. The van der Waals surface area contributed by atoms with Gasteiger partial charge in [-0.2, -0.15) is 11.8 Å². The van der Waals surface area contributed by atoms with Crippen molar-refractivity contribution >= 4 is 23.6 Å². The number of amides is 1. The molecule has 0 aromatic heterocycles. The van der Waals surface area contributed by atoms with E-state index >= 15 is 0 Å². The number of ether oxygens (including phenoxy) is 1. The third kappa shape index (κ3) is 7.72. The van der Waals surface area contributed by atoms with Crippen LogP contribution in [-0.2, 0) is 9.53 Å². The summed E-state index contributed by atoms with van der Waals surface area (Å²) in [6, 6.07) is 0.451. The number of guanidine groups is 1. The largest absolute Gasteiger partial charge is 0.379 e. The van der Waals surface area contributed by atoms with Crippen LogP contribution in [0.2, 0.25) is 0 Å². The molecular weight excluding hydrogens is 350 g/mol. The second kappa shape index (κ2) is 11.7. The molecule has 1 aliphatic carbocycles. The summed E-state index contributed by atoms with van der Waals surface area (Å²) in [6.45, 7) is 5.84. The molecular formula is C18H35N5O2S. The van der Waals surface area contributed by atoms with Crippen molar-refractivity contribution in [2.24, 2.45) is 4.99 Å². The minimum absolute atomic E-state index is 0.0211. The summed E-state index contributed by atoms with van der Waals surface area (Å²) in [6.07, 6.45) is 6.82. The molecule has 0 aromatic carbocycles. The maximum atomic E-state index is 11.9. The number of likely N-dealkylation sites (N-methyl/N-ethyl adjacent to an activating group) is 1. The zero-order valence-electron chi connectivity index (χ0n) is 16.5. The van der Waals surface area contributed by atoms with Crippen LogP contribution in [0, 0.1) is 0 Å². The molecule has 1 aliphatic heterocycles. The summed E-state index contributed by atoms with van der Waals surface area (Å²) >= 11 is 1.95. The second-order valence-electron chi connectivity index (χ2n) is 7.20. The third-order valence-electron chi connectivity index (χ3n) is 4.98. The molecule has 0 spiro atoms. The highest BCUT2D eigenvalue weighted by atomic mass is 32.2. The van der Waals surface area contributed by atoms with Crippen molar-refractivity contribution in [3.05, 3.63) is 0 Å². The first kappa shape index (κ1) is 21.3. The van der Waals surface area contributed by atoms with Gasteiger partial charge in [0.15, 0.2) is 5.96 Å². The van der Waals surface area contributed by atoms with Crippen LogP contribution in [0.15, 0.2) is 4.99 Å². The van der Waals surface area contributed by atoms with Crippen molar-refractivity contribution in [3.8, 4) is 0 Å². The first-order valence-electron chi connectivity index (χ1n) is 9.66. The number of aliphatic imine (C=N–C) groups is 1. The normalized spacial score (nSPS) is 24.5. The van der Waals surface area contributed by atoms with Gasteiger partial charge >= 0.3 is 0 Å². The van der Waals surface area contributed by atoms with Gasteiger partial charge in [-0.05, 0) is 38.5 Å². The molecule has 1 saturated carbocycles. The van der Waals surface area contributed by atoms with Crippen molar-refractivity contribution in [1.82, 2.24) is 20.4 Å². The van der Waals surface area contributed by atoms with Crippen LogP contribution in [0.5, 0.6) is 0 Å². The minimum Gasteiger partial charge on any atom is -0.379 e. The minimum atomic E-state index is 0.0211. The van der Waals surface area contributed by atoms with Crippen molar-refractivity contribution in [2.45, 2.75) is 37.0 Å². The first-order valence-corrected chi connectivity index (χ1v) is 10.9. The van der Waals surface area contributed by atoms with Crippen LogP contribution in [0.4, 0.5) is 0 Å². The maximum Gasteiger partial charge on any atom is 0.243 e. The smallest absolute Gasteiger partial charge is 0.243 e. The molecule has 2 unspecified atom stereocenters. The van der Waals surface area contributed by atoms with Gasteiger partial charge in [0, 0.05) is 45.0 Å². The zero-order valence-corrected chi connectivity index (χ0v) is 17.3. The molecule has 8 heteroatoms. The van der Waals surface area contributed by atoms with Crippen LogP contribution in [0.25, 0.3) is 0 Å². The number of hydrogen-bond acceptors (Lipinski definition) is 5. The Morgan fingerprint density at radius 2 is 2.08 bits per heavy atom. The monoisotopic (exact) mass is 385 g/mol. The number of nitrogens with one attached hydrogen (secondary N) is 2. The number of morpholine rings is 1.